The number of amides is 1. The molecule has 3 rings (SSSR count). The van der Waals surface area contributed by atoms with Gasteiger partial charge in [0, 0.05) is 6.42 Å². The van der Waals surface area contributed by atoms with E-state index in [-0.39, 0.29) is 18.2 Å². The third-order valence-corrected chi connectivity index (χ3v) is 5.07. The number of rotatable bonds is 6. The molecule has 0 spiro atoms. The summed E-state index contributed by atoms with van der Waals surface area (Å²) in [6.45, 7) is 12.0. The summed E-state index contributed by atoms with van der Waals surface area (Å²) in [4.78, 5) is 24.7. The lowest BCUT2D eigenvalue weighted by Crippen LogP contribution is -2.45. The number of ketones is 1. The highest BCUT2D eigenvalue weighted by Gasteiger charge is 2.29. The Bertz CT molecular complexity index is 640. The van der Waals surface area contributed by atoms with Gasteiger partial charge in [0.2, 0.25) is 5.78 Å². The van der Waals surface area contributed by atoms with E-state index in [1.54, 1.807) is 0 Å². The van der Waals surface area contributed by atoms with E-state index in [2.05, 4.69) is 17.5 Å². The Balaban J connectivity index is 0.00000129. The minimum absolute atomic E-state index is 0.00697. The van der Waals surface area contributed by atoms with Gasteiger partial charge in [-0.15, -0.1) is 0 Å². The first-order chi connectivity index (χ1) is 14.7. The Kier molecular flexibility index (Phi) is 16.4. The van der Waals surface area contributed by atoms with Gasteiger partial charge >= 0.3 is 0 Å². The number of hydrogen-bond acceptors (Lipinski definition) is 2. The van der Waals surface area contributed by atoms with Crippen LogP contribution in [-0.4, -0.2) is 17.7 Å². The second-order valence-corrected chi connectivity index (χ2v) is 6.81. The van der Waals surface area contributed by atoms with E-state index in [4.69, 9.17) is 0 Å². The molecule has 1 fully saturated rings. The SMILES string of the molecule is CC.CC.CC.O=C(Cc1ccccc1)C(=O)NC(C1=CC=CC1)C1CCCCC1. The summed E-state index contributed by atoms with van der Waals surface area (Å²) in [6.07, 6.45) is 13.3. The van der Waals surface area contributed by atoms with E-state index < -0.39 is 5.91 Å². The normalized spacial score (nSPS) is 15.7. The fourth-order valence-corrected chi connectivity index (χ4v) is 3.76. The van der Waals surface area contributed by atoms with Gasteiger partial charge in [-0.05, 0) is 36.3 Å². The zero-order valence-corrected chi connectivity index (χ0v) is 20.0. The second-order valence-electron chi connectivity index (χ2n) is 6.81. The van der Waals surface area contributed by atoms with Crippen LogP contribution in [0.5, 0.6) is 0 Å². The first-order valence-corrected chi connectivity index (χ1v) is 12.0. The van der Waals surface area contributed by atoms with Crippen molar-refractivity contribution in [1.29, 1.82) is 0 Å². The molecule has 1 aromatic rings. The van der Waals surface area contributed by atoms with Crippen LogP contribution >= 0.6 is 0 Å². The molecule has 3 nitrogen and oxygen atoms in total. The van der Waals surface area contributed by atoms with Crippen LogP contribution in [0.3, 0.4) is 0 Å². The highest BCUT2D eigenvalue weighted by molar-refractivity contribution is 6.36. The molecule has 3 heteroatoms. The van der Waals surface area contributed by atoms with Crippen LogP contribution in [0.2, 0.25) is 0 Å². The van der Waals surface area contributed by atoms with E-state index in [1.807, 2.05) is 78.0 Å². The maximum Gasteiger partial charge on any atom is 0.288 e. The zero-order valence-electron chi connectivity index (χ0n) is 20.0. The van der Waals surface area contributed by atoms with E-state index in [9.17, 15) is 9.59 Å². The van der Waals surface area contributed by atoms with Crippen LogP contribution in [0, 0.1) is 5.92 Å². The molecule has 0 bridgehead atoms. The van der Waals surface area contributed by atoms with Gasteiger partial charge in [-0.2, -0.15) is 0 Å². The van der Waals surface area contributed by atoms with Crippen molar-refractivity contribution in [3.63, 3.8) is 0 Å². The minimum Gasteiger partial charge on any atom is -0.343 e. The lowest BCUT2D eigenvalue weighted by atomic mass is 9.80. The van der Waals surface area contributed by atoms with Gasteiger partial charge in [-0.3, -0.25) is 9.59 Å². The topological polar surface area (TPSA) is 46.2 Å². The smallest absolute Gasteiger partial charge is 0.288 e. The summed E-state index contributed by atoms with van der Waals surface area (Å²) < 4.78 is 0. The molecule has 1 saturated carbocycles. The molecule has 1 N–H and O–H groups in total. The average Bonchev–Trinajstić information content (AvgIpc) is 3.37. The maximum absolute atomic E-state index is 12.4. The van der Waals surface area contributed by atoms with Gasteiger partial charge < -0.3 is 5.32 Å². The summed E-state index contributed by atoms with van der Waals surface area (Å²) in [5.74, 6) is -0.339. The van der Waals surface area contributed by atoms with Crippen molar-refractivity contribution >= 4 is 11.7 Å². The van der Waals surface area contributed by atoms with Crippen molar-refractivity contribution < 1.29 is 9.59 Å². The van der Waals surface area contributed by atoms with Gasteiger partial charge in [0.1, 0.15) is 0 Å². The molecule has 1 atom stereocenters. The Hall–Kier alpha value is -2.16. The Morgan fingerprint density at radius 3 is 2.07 bits per heavy atom. The van der Waals surface area contributed by atoms with Crippen LogP contribution in [-0.2, 0) is 16.0 Å². The highest BCUT2D eigenvalue weighted by atomic mass is 16.2. The van der Waals surface area contributed by atoms with Gasteiger partial charge in [-0.25, -0.2) is 0 Å². The maximum atomic E-state index is 12.4. The monoisotopic (exact) mass is 413 g/mol. The van der Waals surface area contributed by atoms with Crippen molar-refractivity contribution in [2.24, 2.45) is 5.92 Å². The predicted octanol–water partition coefficient (Wildman–Crippen LogP) is 6.83. The number of hydrogen-bond donors (Lipinski definition) is 1. The van der Waals surface area contributed by atoms with Crippen molar-refractivity contribution in [2.45, 2.75) is 92.5 Å². The van der Waals surface area contributed by atoms with E-state index in [1.165, 1.54) is 24.8 Å². The van der Waals surface area contributed by atoms with Gasteiger partial charge in [0.05, 0.1) is 6.04 Å². The lowest BCUT2D eigenvalue weighted by molar-refractivity contribution is -0.138. The number of nitrogens with one attached hydrogen (secondary N) is 1. The molecular formula is C27H43NO2. The lowest BCUT2D eigenvalue weighted by Gasteiger charge is -2.32. The molecular weight excluding hydrogens is 370 g/mol. The summed E-state index contributed by atoms with van der Waals surface area (Å²) in [6, 6.07) is 9.46. The molecule has 0 heterocycles. The van der Waals surface area contributed by atoms with Crippen LogP contribution in [0.25, 0.3) is 0 Å². The van der Waals surface area contributed by atoms with E-state index in [0.717, 1.165) is 24.8 Å². The molecule has 2 aliphatic rings. The highest BCUT2D eigenvalue weighted by Crippen LogP contribution is 2.31. The van der Waals surface area contributed by atoms with Crippen LogP contribution in [0.15, 0.2) is 54.1 Å². The zero-order chi connectivity index (χ0) is 22.8. The van der Waals surface area contributed by atoms with E-state index in [0.29, 0.717) is 5.92 Å². The van der Waals surface area contributed by atoms with Crippen LogP contribution < -0.4 is 5.32 Å². The quantitative estimate of drug-likeness (QED) is 0.520. The Labute approximate surface area is 185 Å². The molecule has 0 saturated heterocycles. The fourth-order valence-electron chi connectivity index (χ4n) is 3.76. The van der Waals surface area contributed by atoms with Crippen LogP contribution in [0.4, 0.5) is 0 Å². The predicted molar refractivity (Wildman–Crippen MR) is 130 cm³/mol. The molecule has 0 aromatic heterocycles. The molecule has 0 aliphatic heterocycles. The first-order valence-electron chi connectivity index (χ1n) is 12.0. The van der Waals surface area contributed by atoms with Gasteiger partial charge in [-0.1, -0.05) is 109 Å². The molecule has 1 amide bonds. The standard InChI is InChI=1S/C21H25NO2.3C2H6/c23-19(15-16-9-3-1-4-10-16)21(24)22-20(18-13-7-8-14-18)17-11-5-2-6-12-17;3*1-2/h1,3-4,7-10,13,17,20H,2,5-6,11-12,14-15H2,(H,22,24);3*1-2H3. The molecule has 168 valence electrons. The summed E-state index contributed by atoms with van der Waals surface area (Å²) in [7, 11) is 0. The van der Waals surface area contributed by atoms with Crippen molar-refractivity contribution in [3.05, 3.63) is 59.7 Å². The summed E-state index contributed by atoms with van der Waals surface area (Å²) in [5.41, 5.74) is 2.12. The number of carbonyl (C=O) groups is 2. The number of Topliss-reactive ketones (excluding diaryl/α,β-unsaturated/α-hetero) is 1. The molecule has 1 aromatic carbocycles. The van der Waals surface area contributed by atoms with Crippen LogP contribution in [0.1, 0.15) is 85.6 Å². The van der Waals surface area contributed by atoms with Crippen molar-refractivity contribution in [3.8, 4) is 0 Å². The van der Waals surface area contributed by atoms with Crippen molar-refractivity contribution in [1.82, 2.24) is 5.32 Å². The fraction of sp³-hybridized carbons (Fsp3) is 0.556. The van der Waals surface area contributed by atoms with Gasteiger partial charge in [0.25, 0.3) is 5.91 Å². The minimum atomic E-state index is -0.442. The Morgan fingerprint density at radius 2 is 1.53 bits per heavy atom. The summed E-state index contributed by atoms with van der Waals surface area (Å²) >= 11 is 0. The Morgan fingerprint density at radius 1 is 0.933 bits per heavy atom. The molecule has 30 heavy (non-hydrogen) atoms. The third kappa shape index (κ3) is 9.56. The molecule has 0 radical (unpaired) electrons. The van der Waals surface area contributed by atoms with Crippen molar-refractivity contribution in [2.75, 3.05) is 0 Å². The third-order valence-electron chi connectivity index (χ3n) is 5.07. The van der Waals surface area contributed by atoms with Gasteiger partial charge in [0.15, 0.2) is 0 Å². The average molecular weight is 414 g/mol. The van der Waals surface area contributed by atoms with E-state index >= 15 is 0 Å². The second kappa shape index (κ2) is 17.7. The largest absolute Gasteiger partial charge is 0.343 e. The number of allylic oxidation sites excluding steroid dienone is 3. The number of carbonyl (C=O) groups excluding carboxylic acids is 2. The first kappa shape index (κ1) is 27.8. The number of benzene rings is 1. The molecule has 2 aliphatic carbocycles. The molecule has 1 unspecified atom stereocenters. The summed E-state index contributed by atoms with van der Waals surface area (Å²) in [5, 5.41) is 3.05.